The summed E-state index contributed by atoms with van der Waals surface area (Å²) in [4.78, 5) is 42.9. The van der Waals surface area contributed by atoms with Gasteiger partial charge in [0.2, 0.25) is 6.41 Å². The molecule has 0 bridgehead atoms. The lowest BCUT2D eigenvalue weighted by Gasteiger charge is -2.17. The molecule has 0 aliphatic carbocycles. The Morgan fingerprint density at radius 1 is 1.26 bits per heavy atom. The minimum atomic E-state index is -0.279. The molecule has 7 nitrogen and oxygen atoms in total. The van der Waals surface area contributed by atoms with Gasteiger partial charge in [-0.1, -0.05) is 47.3 Å². The normalized spacial score (nSPS) is 11.0. The number of rotatable bonds is 10. The van der Waals surface area contributed by atoms with E-state index >= 15 is 0 Å². The van der Waals surface area contributed by atoms with Crippen molar-refractivity contribution in [1.29, 1.82) is 0 Å². The molecule has 0 atom stereocenters. The maximum Gasteiger partial charge on any atom is 0.273 e. The average molecular weight is 485 g/mol. The Bertz CT molecular complexity index is 1050. The van der Waals surface area contributed by atoms with Crippen molar-refractivity contribution in [2.45, 2.75) is 13.0 Å². The number of hydrogen-bond acceptors (Lipinski definition) is 4. The van der Waals surface area contributed by atoms with Crippen molar-refractivity contribution in [2.24, 2.45) is 0 Å². The van der Waals surface area contributed by atoms with Gasteiger partial charge in [-0.05, 0) is 29.3 Å². The molecule has 8 heteroatoms. The van der Waals surface area contributed by atoms with Gasteiger partial charge in [0.05, 0.1) is 0 Å². The third kappa shape index (κ3) is 5.88. The molecule has 0 unspecified atom stereocenters. The van der Waals surface area contributed by atoms with Crippen molar-refractivity contribution in [3.8, 4) is 0 Å². The fraction of sp³-hybridized carbons (Fsp3) is 0.217. The number of aldehydes is 1. The van der Waals surface area contributed by atoms with E-state index in [1.165, 1.54) is 9.80 Å². The van der Waals surface area contributed by atoms with Crippen LogP contribution in [-0.4, -0.2) is 54.2 Å². The zero-order chi connectivity index (χ0) is 23.1. The maximum atomic E-state index is 13.1. The number of benzene rings is 1. The van der Waals surface area contributed by atoms with Crippen molar-refractivity contribution in [3.05, 3.63) is 82.3 Å². The first kappa shape index (κ1) is 24.0. The van der Waals surface area contributed by atoms with Crippen LogP contribution in [-0.2, 0) is 22.6 Å². The van der Waals surface area contributed by atoms with Gasteiger partial charge in [-0.2, -0.15) is 0 Å². The number of amides is 2. The van der Waals surface area contributed by atoms with Gasteiger partial charge in [0.25, 0.3) is 5.91 Å². The van der Waals surface area contributed by atoms with Crippen molar-refractivity contribution in [3.63, 3.8) is 0 Å². The highest BCUT2D eigenvalue weighted by Crippen LogP contribution is 2.25. The molecular weight excluding hydrogens is 460 g/mol. The molecule has 0 radical (unpaired) electrons. The van der Waals surface area contributed by atoms with E-state index in [-0.39, 0.29) is 11.7 Å². The number of aromatic nitrogens is 2. The molecule has 1 aromatic carbocycles. The quantitative estimate of drug-likeness (QED) is 0.294. The molecular formula is C23H25BrN4O3. The van der Waals surface area contributed by atoms with E-state index in [1.807, 2.05) is 24.3 Å². The van der Waals surface area contributed by atoms with Crippen LogP contribution in [0.4, 0.5) is 5.82 Å². The Hall–Kier alpha value is -3.26. The number of halogens is 1. The molecule has 1 heterocycles. The zero-order valence-corrected chi connectivity index (χ0v) is 19.4. The summed E-state index contributed by atoms with van der Waals surface area (Å²) in [5.41, 5.74) is 2.26. The van der Waals surface area contributed by atoms with Crippen LogP contribution in [0.1, 0.15) is 21.9 Å². The van der Waals surface area contributed by atoms with Crippen LogP contribution in [0.3, 0.4) is 0 Å². The van der Waals surface area contributed by atoms with Crippen LogP contribution in [0.15, 0.2) is 65.2 Å². The molecule has 0 saturated carbocycles. The molecule has 0 fully saturated rings. The third-order valence-corrected chi connectivity index (χ3v) is 5.00. The van der Waals surface area contributed by atoms with E-state index in [0.29, 0.717) is 48.3 Å². The lowest BCUT2D eigenvalue weighted by Crippen LogP contribution is -2.28. The van der Waals surface area contributed by atoms with Crippen molar-refractivity contribution >= 4 is 40.4 Å². The topological polar surface area (TPSA) is 75.5 Å². The van der Waals surface area contributed by atoms with E-state index in [4.69, 9.17) is 0 Å². The predicted molar refractivity (Wildman–Crippen MR) is 125 cm³/mol. The minimum Gasteiger partial charge on any atom is -0.343 e. The molecule has 31 heavy (non-hydrogen) atoms. The largest absolute Gasteiger partial charge is 0.343 e. The summed E-state index contributed by atoms with van der Waals surface area (Å²) in [7, 11) is 4.84. The summed E-state index contributed by atoms with van der Waals surface area (Å²) >= 11 is 3.47. The van der Waals surface area contributed by atoms with Gasteiger partial charge in [-0.25, -0.2) is 4.98 Å². The fourth-order valence-electron chi connectivity index (χ4n) is 2.96. The van der Waals surface area contributed by atoms with Gasteiger partial charge >= 0.3 is 0 Å². The average Bonchev–Trinajstić information content (AvgIpc) is 3.09. The second-order valence-corrected chi connectivity index (χ2v) is 8.04. The monoisotopic (exact) mass is 484 g/mol. The number of nitrogens with zero attached hydrogens (tertiary/aromatic N) is 4. The van der Waals surface area contributed by atoms with E-state index in [0.717, 1.165) is 10.0 Å². The standard InChI is InChI=1S/C23H25BrN4O3/c1-6-17(10-16(2)14-29)12-20-25-22(27(5)15-30)21(23(31)26(3)4)28(20)13-18-8-7-9-19(24)11-18/h6-11,14-15H,1-2,12-13H2,3-5H3/b17-10+. The van der Waals surface area contributed by atoms with Crippen LogP contribution < -0.4 is 4.90 Å². The summed E-state index contributed by atoms with van der Waals surface area (Å²) in [6.07, 6.45) is 4.80. The Kier molecular flexibility index (Phi) is 8.27. The van der Waals surface area contributed by atoms with Gasteiger partial charge in [0, 0.05) is 44.2 Å². The number of hydrogen-bond donors (Lipinski definition) is 0. The Morgan fingerprint density at radius 2 is 1.97 bits per heavy atom. The molecule has 0 N–H and O–H groups in total. The first-order valence-corrected chi connectivity index (χ1v) is 10.2. The van der Waals surface area contributed by atoms with E-state index in [9.17, 15) is 14.4 Å². The van der Waals surface area contributed by atoms with Crippen LogP contribution in [0.2, 0.25) is 0 Å². The summed E-state index contributed by atoms with van der Waals surface area (Å²) in [5.74, 6) is 0.536. The summed E-state index contributed by atoms with van der Waals surface area (Å²) < 4.78 is 2.70. The smallest absolute Gasteiger partial charge is 0.273 e. The van der Waals surface area contributed by atoms with Gasteiger partial charge < -0.3 is 14.4 Å². The van der Waals surface area contributed by atoms with Gasteiger partial charge in [-0.15, -0.1) is 0 Å². The summed E-state index contributed by atoms with van der Waals surface area (Å²) in [6, 6.07) is 7.72. The van der Waals surface area contributed by atoms with Gasteiger partial charge in [0.1, 0.15) is 12.1 Å². The second-order valence-electron chi connectivity index (χ2n) is 7.13. The van der Waals surface area contributed by atoms with E-state index in [2.05, 4.69) is 34.1 Å². The molecule has 0 saturated heterocycles. The molecule has 1 aromatic heterocycles. The molecule has 0 spiro atoms. The highest BCUT2D eigenvalue weighted by molar-refractivity contribution is 9.10. The predicted octanol–water partition coefficient (Wildman–Crippen LogP) is 3.40. The molecule has 0 aliphatic heterocycles. The number of anilines is 1. The lowest BCUT2D eigenvalue weighted by atomic mass is 10.1. The van der Waals surface area contributed by atoms with Gasteiger partial charge in [0.15, 0.2) is 11.5 Å². The first-order valence-electron chi connectivity index (χ1n) is 9.42. The Balaban J connectivity index is 2.71. The molecule has 2 rings (SSSR count). The summed E-state index contributed by atoms with van der Waals surface area (Å²) in [6.45, 7) is 7.84. The maximum absolute atomic E-state index is 13.1. The van der Waals surface area contributed by atoms with Gasteiger partial charge in [-0.3, -0.25) is 14.4 Å². The van der Waals surface area contributed by atoms with Crippen LogP contribution in [0.5, 0.6) is 0 Å². The number of carbonyl (C=O) groups is 3. The highest BCUT2D eigenvalue weighted by Gasteiger charge is 2.27. The Morgan fingerprint density at radius 3 is 2.52 bits per heavy atom. The molecule has 2 aromatic rings. The van der Waals surface area contributed by atoms with Crippen LogP contribution in [0.25, 0.3) is 0 Å². The van der Waals surface area contributed by atoms with Crippen molar-refractivity contribution in [1.82, 2.24) is 14.5 Å². The lowest BCUT2D eigenvalue weighted by molar-refractivity contribution is -0.107. The fourth-order valence-corrected chi connectivity index (χ4v) is 3.41. The summed E-state index contributed by atoms with van der Waals surface area (Å²) in [5, 5.41) is 0. The van der Waals surface area contributed by atoms with Crippen molar-refractivity contribution in [2.75, 3.05) is 26.0 Å². The Labute approximate surface area is 190 Å². The van der Waals surface area contributed by atoms with Crippen molar-refractivity contribution < 1.29 is 14.4 Å². The second kappa shape index (κ2) is 10.7. The first-order chi connectivity index (χ1) is 14.7. The van der Waals surface area contributed by atoms with E-state index < -0.39 is 0 Å². The zero-order valence-electron chi connectivity index (χ0n) is 17.8. The van der Waals surface area contributed by atoms with E-state index in [1.54, 1.807) is 37.9 Å². The minimum absolute atomic E-state index is 0.260. The SMILES string of the molecule is C=C/C(=C\C(=C)C=O)Cc1nc(N(C)C=O)c(C(=O)N(C)C)n1Cc1cccc(Br)c1. The van der Waals surface area contributed by atoms with Crippen LogP contribution in [0, 0.1) is 0 Å². The number of carbonyl (C=O) groups excluding carboxylic acids is 3. The number of allylic oxidation sites excluding steroid dienone is 4. The molecule has 0 aliphatic rings. The number of imidazole rings is 1. The van der Waals surface area contributed by atoms with Crippen LogP contribution >= 0.6 is 15.9 Å². The molecule has 2 amide bonds. The molecule has 162 valence electrons. The highest BCUT2D eigenvalue weighted by atomic mass is 79.9. The third-order valence-electron chi connectivity index (χ3n) is 4.51.